The van der Waals surface area contributed by atoms with Crippen molar-refractivity contribution in [3.8, 4) is 0 Å². The summed E-state index contributed by atoms with van der Waals surface area (Å²) >= 11 is 3.45. The minimum Gasteiger partial charge on any atom is -0.378 e. The predicted octanol–water partition coefficient (Wildman–Crippen LogP) is 3.16. The zero-order valence-electron chi connectivity index (χ0n) is 7.34. The number of halogens is 1. The Labute approximate surface area is 81.8 Å². The van der Waals surface area contributed by atoms with Crippen LogP contribution in [0.25, 0.3) is 6.08 Å². The van der Waals surface area contributed by atoms with Crippen molar-refractivity contribution in [1.29, 1.82) is 0 Å². The van der Waals surface area contributed by atoms with Crippen molar-refractivity contribution in [3.63, 3.8) is 0 Å². The molecule has 0 heterocycles. The van der Waals surface area contributed by atoms with Gasteiger partial charge in [0.05, 0.1) is 0 Å². The molecule has 1 rings (SSSR count). The van der Waals surface area contributed by atoms with Crippen LogP contribution < -0.4 is 4.90 Å². The summed E-state index contributed by atoms with van der Waals surface area (Å²) in [4.78, 5) is 2.07. The van der Waals surface area contributed by atoms with E-state index in [9.17, 15) is 0 Å². The van der Waals surface area contributed by atoms with Crippen LogP contribution in [0.3, 0.4) is 0 Å². The van der Waals surface area contributed by atoms with Crippen molar-refractivity contribution in [2.45, 2.75) is 0 Å². The van der Waals surface area contributed by atoms with Gasteiger partial charge in [-0.15, -0.1) is 0 Å². The maximum absolute atomic E-state index is 3.74. The van der Waals surface area contributed by atoms with Crippen LogP contribution in [-0.4, -0.2) is 14.1 Å². The topological polar surface area (TPSA) is 3.24 Å². The second-order valence-electron chi connectivity index (χ2n) is 2.80. The van der Waals surface area contributed by atoms with Crippen LogP contribution in [-0.2, 0) is 0 Å². The molecule has 2 heteroatoms. The molecule has 0 spiro atoms. The fourth-order valence-corrected chi connectivity index (χ4v) is 1.37. The largest absolute Gasteiger partial charge is 0.378 e. The normalized spacial score (nSPS) is 9.58. The standard InChI is InChI=1S/C10H12BrN/c1-4-8-7-9(12(2)3)5-6-10(8)11/h4-7H,1H2,2-3H3. The number of rotatable bonds is 2. The van der Waals surface area contributed by atoms with Gasteiger partial charge in [0.2, 0.25) is 0 Å². The highest BCUT2D eigenvalue weighted by Crippen LogP contribution is 2.23. The molecule has 1 aromatic rings. The Morgan fingerprint density at radius 1 is 1.42 bits per heavy atom. The molecular formula is C10H12BrN. The van der Waals surface area contributed by atoms with E-state index in [1.807, 2.05) is 26.2 Å². The van der Waals surface area contributed by atoms with Gasteiger partial charge in [0.15, 0.2) is 0 Å². The Morgan fingerprint density at radius 2 is 2.08 bits per heavy atom. The SMILES string of the molecule is C=Cc1cc(N(C)C)ccc1Br. The third kappa shape index (κ3) is 1.89. The zero-order chi connectivity index (χ0) is 9.14. The van der Waals surface area contributed by atoms with Crippen LogP contribution in [0.2, 0.25) is 0 Å². The average Bonchev–Trinajstić information content (AvgIpc) is 2.05. The van der Waals surface area contributed by atoms with Crippen LogP contribution in [0.15, 0.2) is 29.3 Å². The monoisotopic (exact) mass is 225 g/mol. The van der Waals surface area contributed by atoms with E-state index in [0.717, 1.165) is 10.0 Å². The molecule has 64 valence electrons. The molecule has 1 aromatic carbocycles. The molecule has 0 saturated carbocycles. The van der Waals surface area contributed by atoms with E-state index in [1.54, 1.807) is 0 Å². The Balaban J connectivity index is 3.13. The van der Waals surface area contributed by atoms with Crippen LogP contribution in [0.4, 0.5) is 5.69 Å². The molecule has 0 aliphatic rings. The molecule has 0 fully saturated rings. The van der Waals surface area contributed by atoms with Crippen molar-refractivity contribution in [1.82, 2.24) is 0 Å². The first-order chi connectivity index (χ1) is 5.65. The van der Waals surface area contributed by atoms with E-state index in [2.05, 4.69) is 39.5 Å². The molecule has 0 unspecified atom stereocenters. The van der Waals surface area contributed by atoms with Crippen molar-refractivity contribution < 1.29 is 0 Å². The Bertz CT molecular complexity index is 292. The summed E-state index contributed by atoms with van der Waals surface area (Å²) in [5.41, 5.74) is 2.31. The van der Waals surface area contributed by atoms with Gasteiger partial charge >= 0.3 is 0 Å². The Hall–Kier alpha value is -0.760. The van der Waals surface area contributed by atoms with E-state index in [1.165, 1.54) is 5.69 Å². The fourth-order valence-electron chi connectivity index (χ4n) is 0.966. The van der Waals surface area contributed by atoms with Gasteiger partial charge in [-0.2, -0.15) is 0 Å². The number of hydrogen-bond donors (Lipinski definition) is 0. The maximum Gasteiger partial charge on any atom is 0.0367 e. The average molecular weight is 226 g/mol. The molecule has 0 atom stereocenters. The summed E-state index contributed by atoms with van der Waals surface area (Å²) in [6.07, 6.45) is 1.84. The molecule has 0 aliphatic heterocycles. The highest BCUT2D eigenvalue weighted by Gasteiger charge is 1.98. The van der Waals surface area contributed by atoms with Crippen LogP contribution in [0.5, 0.6) is 0 Å². The fraction of sp³-hybridized carbons (Fsp3) is 0.200. The molecule has 0 N–H and O–H groups in total. The molecule has 0 saturated heterocycles. The maximum atomic E-state index is 3.74. The minimum absolute atomic E-state index is 1.09. The third-order valence-electron chi connectivity index (χ3n) is 1.72. The van der Waals surface area contributed by atoms with Gasteiger partial charge in [0.1, 0.15) is 0 Å². The minimum atomic E-state index is 1.09. The van der Waals surface area contributed by atoms with Gasteiger partial charge in [-0.1, -0.05) is 28.6 Å². The van der Waals surface area contributed by atoms with Crippen LogP contribution in [0.1, 0.15) is 5.56 Å². The van der Waals surface area contributed by atoms with E-state index < -0.39 is 0 Å². The predicted molar refractivity (Wildman–Crippen MR) is 58.6 cm³/mol. The van der Waals surface area contributed by atoms with Crippen molar-refractivity contribution >= 4 is 27.7 Å². The highest BCUT2D eigenvalue weighted by molar-refractivity contribution is 9.10. The molecular weight excluding hydrogens is 214 g/mol. The number of hydrogen-bond acceptors (Lipinski definition) is 1. The van der Waals surface area contributed by atoms with Crippen LogP contribution in [0, 0.1) is 0 Å². The summed E-state index contributed by atoms with van der Waals surface area (Å²) in [6.45, 7) is 3.74. The molecule has 0 bridgehead atoms. The zero-order valence-corrected chi connectivity index (χ0v) is 8.93. The van der Waals surface area contributed by atoms with Crippen LogP contribution >= 0.6 is 15.9 Å². The van der Waals surface area contributed by atoms with Crippen molar-refractivity contribution in [2.24, 2.45) is 0 Å². The van der Waals surface area contributed by atoms with Gasteiger partial charge in [0, 0.05) is 24.3 Å². The lowest BCUT2D eigenvalue weighted by Gasteiger charge is -2.13. The lowest BCUT2D eigenvalue weighted by molar-refractivity contribution is 1.13. The first kappa shape index (κ1) is 9.33. The van der Waals surface area contributed by atoms with E-state index in [-0.39, 0.29) is 0 Å². The van der Waals surface area contributed by atoms with Gasteiger partial charge in [0.25, 0.3) is 0 Å². The number of anilines is 1. The smallest absolute Gasteiger partial charge is 0.0367 e. The second-order valence-corrected chi connectivity index (χ2v) is 3.66. The van der Waals surface area contributed by atoms with Crippen molar-refractivity contribution in [2.75, 3.05) is 19.0 Å². The van der Waals surface area contributed by atoms with Gasteiger partial charge in [-0.25, -0.2) is 0 Å². The summed E-state index contributed by atoms with van der Waals surface area (Å²) in [5, 5.41) is 0. The number of benzene rings is 1. The van der Waals surface area contributed by atoms with Gasteiger partial charge < -0.3 is 4.90 Å². The van der Waals surface area contributed by atoms with Gasteiger partial charge in [-0.05, 0) is 23.8 Å². The first-order valence-electron chi connectivity index (χ1n) is 3.74. The molecule has 0 aromatic heterocycles. The third-order valence-corrected chi connectivity index (χ3v) is 2.44. The van der Waals surface area contributed by atoms with E-state index in [4.69, 9.17) is 0 Å². The Kier molecular flexibility index (Phi) is 2.93. The summed E-state index contributed by atoms with van der Waals surface area (Å²) in [5.74, 6) is 0. The quantitative estimate of drug-likeness (QED) is 0.748. The number of nitrogens with zero attached hydrogens (tertiary/aromatic N) is 1. The summed E-state index contributed by atoms with van der Waals surface area (Å²) < 4.78 is 1.09. The lowest BCUT2D eigenvalue weighted by atomic mass is 10.2. The Morgan fingerprint density at radius 3 is 2.58 bits per heavy atom. The summed E-state index contributed by atoms with van der Waals surface area (Å²) in [7, 11) is 4.05. The highest BCUT2D eigenvalue weighted by atomic mass is 79.9. The summed E-state index contributed by atoms with van der Waals surface area (Å²) in [6, 6.07) is 6.19. The molecule has 12 heavy (non-hydrogen) atoms. The van der Waals surface area contributed by atoms with E-state index in [0.29, 0.717) is 0 Å². The van der Waals surface area contributed by atoms with E-state index >= 15 is 0 Å². The van der Waals surface area contributed by atoms with Crippen molar-refractivity contribution in [3.05, 3.63) is 34.8 Å². The lowest BCUT2D eigenvalue weighted by Crippen LogP contribution is -2.08. The molecule has 0 amide bonds. The second kappa shape index (κ2) is 3.76. The van der Waals surface area contributed by atoms with Gasteiger partial charge in [-0.3, -0.25) is 0 Å². The molecule has 1 nitrogen and oxygen atoms in total. The molecule has 0 aliphatic carbocycles. The first-order valence-corrected chi connectivity index (χ1v) is 4.53. The molecule has 0 radical (unpaired) electrons.